The highest BCUT2D eigenvalue weighted by Gasteiger charge is 2.27. The Morgan fingerprint density at radius 2 is 2.24 bits per heavy atom. The van der Waals surface area contributed by atoms with Gasteiger partial charge in [-0.25, -0.2) is 0 Å². The average molecular weight is 296 g/mol. The van der Waals surface area contributed by atoms with Gasteiger partial charge in [0.25, 0.3) is 0 Å². The Morgan fingerprint density at radius 3 is 2.82 bits per heavy atom. The van der Waals surface area contributed by atoms with Crippen LogP contribution in [0.3, 0.4) is 0 Å². The summed E-state index contributed by atoms with van der Waals surface area (Å²) in [6, 6.07) is 6.63. The van der Waals surface area contributed by atoms with E-state index in [1.54, 1.807) is 0 Å². The number of hydrogen-bond donors (Lipinski definition) is 0. The van der Waals surface area contributed by atoms with Crippen molar-refractivity contribution in [3.05, 3.63) is 28.2 Å². The van der Waals surface area contributed by atoms with Gasteiger partial charge >= 0.3 is 0 Å². The lowest BCUT2D eigenvalue weighted by atomic mass is 10.0. The second-order valence-electron chi connectivity index (χ2n) is 4.97. The first-order valence-electron chi connectivity index (χ1n) is 6.15. The molecule has 2 rings (SSSR count). The summed E-state index contributed by atoms with van der Waals surface area (Å²) in [5.74, 6) is 0.669. The number of anilines is 1. The van der Waals surface area contributed by atoms with Crippen LogP contribution < -0.4 is 4.90 Å². The third-order valence-corrected chi connectivity index (χ3v) is 4.20. The number of benzene rings is 1. The van der Waals surface area contributed by atoms with E-state index in [2.05, 4.69) is 46.8 Å². The van der Waals surface area contributed by atoms with Crippen LogP contribution in [0.25, 0.3) is 0 Å². The van der Waals surface area contributed by atoms with Crippen molar-refractivity contribution in [3.8, 4) is 0 Å². The van der Waals surface area contributed by atoms with Crippen molar-refractivity contribution in [1.29, 1.82) is 0 Å². The molecule has 1 aliphatic heterocycles. The van der Waals surface area contributed by atoms with E-state index in [1.807, 2.05) is 6.07 Å². The predicted octanol–water partition coefficient (Wildman–Crippen LogP) is 3.89. The minimum absolute atomic E-state index is 0.629. The summed E-state index contributed by atoms with van der Waals surface area (Å²) < 4.78 is 0.888. The zero-order valence-electron chi connectivity index (χ0n) is 10.3. The Labute approximate surface area is 111 Å². The molecule has 0 spiro atoms. The first-order chi connectivity index (χ1) is 8.13. The van der Waals surface area contributed by atoms with E-state index >= 15 is 0 Å². The monoisotopic (exact) mass is 295 g/mol. The van der Waals surface area contributed by atoms with Crippen LogP contribution in [-0.4, -0.2) is 18.9 Å². The second kappa shape index (κ2) is 5.21. The van der Waals surface area contributed by atoms with Crippen LogP contribution in [-0.2, 0) is 0 Å². The lowest BCUT2D eigenvalue weighted by Gasteiger charge is -2.30. The van der Waals surface area contributed by atoms with Crippen LogP contribution >= 0.6 is 15.9 Å². The fourth-order valence-corrected chi connectivity index (χ4v) is 3.06. The Kier molecular flexibility index (Phi) is 3.87. The van der Waals surface area contributed by atoms with Gasteiger partial charge in [0.05, 0.1) is 0 Å². The van der Waals surface area contributed by atoms with E-state index in [1.165, 1.54) is 18.5 Å². The maximum Gasteiger partial charge on any atom is 0.151 e. The maximum atomic E-state index is 10.8. The van der Waals surface area contributed by atoms with Crippen molar-refractivity contribution in [2.24, 2.45) is 5.92 Å². The van der Waals surface area contributed by atoms with Crippen LogP contribution in [0.4, 0.5) is 5.69 Å². The van der Waals surface area contributed by atoms with E-state index in [4.69, 9.17) is 0 Å². The molecule has 17 heavy (non-hydrogen) atoms. The van der Waals surface area contributed by atoms with Gasteiger partial charge in [0.15, 0.2) is 6.29 Å². The molecule has 1 aromatic rings. The van der Waals surface area contributed by atoms with Gasteiger partial charge in [0.1, 0.15) is 0 Å². The molecule has 1 atom stereocenters. The molecular formula is C14H18BrNO. The van der Waals surface area contributed by atoms with Gasteiger partial charge in [-0.3, -0.25) is 4.79 Å². The molecular weight excluding hydrogens is 278 g/mol. The van der Waals surface area contributed by atoms with Gasteiger partial charge in [-0.1, -0.05) is 13.8 Å². The molecule has 1 fully saturated rings. The summed E-state index contributed by atoms with van der Waals surface area (Å²) >= 11 is 3.45. The molecule has 2 nitrogen and oxygen atoms in total. The fraction of sp³-hybridized carbons (Fsp3) is 0.500. The smallest absolute Gasteiger partial charge is 0.151 e. The van der Waals surface area contributed by atoms with Gasteiger partial charge in [-0.15, -0.1) is 0 Å². The molecule has 1 unspecified atom stereocenters. The average Bonchev–Trinajstić information content (AvgIpc) is 2.77. The lowest BCUT2D eigenvalue weighted by Crippen LogP contribution is -2.33. The molecule has 0 saturated carbocycles. The standard InChI is InChI=1S/C14H18BrNO/c1-10(2)14-4-3-7-16(14)12-6-5-11(9-17)13(15)8-12/h5-6,8-10,14H,3-4,7H2,1-2H3. The van der Waals surface area contributed by atoms with Crippen LogP contribution in [0.15, 0.2) is 22.7 Å². The fourth-order valence-electron chi connectivity index (χ4n) is 2.60. The molecule has 0 aromatic heterocycles. The number of carbonyl (C=O) groups is 1. The zero-order valence-corrected chi connectivity index (χ0v) is 11.9. The van der Waals surface area contributed by atoms with Crippen LogP contribution in [0.2, 0.25) is 0 Å². The van der Waals surface area contributed by atoms with Crippen molar-refractivity contribution in [2.75, 3.05) is 11.4 Å². The molecule has 92 valence electrons. The van der Waals surface area contributed by atoms with Crippen molar-refractivity contribution < 1.29 is 4.79 Å². The van der Waals surface area contributed by atoms with E-state index in [0.29, 0.717) is 17.5 Å². The van der Waals surface area contributed by atoms with Crippen molar-refractivity contribution in [1.82, 2.24) is 0 Å². The van der Waals surface area contributed by atoms with Crippen molar-refractivity contribution in [3.63, 3.8) is 0 Å². The van der Waals surface area contributed by atoms with Crippen LogP contribution in [0.1, 0.15) is 37.0 Å². The number of halogens is 1. The van der Waals surface area contributed by atoms with E-state index in [0.717, 1.165) is 17.3 Å². The molecule has 0 radical (unpaired) electrons. The predicted molar refractivity (Wildman–Crippen MR) is 74.7 cm³/mol. The van der Waals surface area contributed by atoms with E-state index < -0.39 is 0 Å². The Balaban J connectivity index is 2.27. The first kappa shape index (κ1) is 12.6. The summed E-state index contributed by atoms with van der Waals surface area (Å²) in [7, 11) is 0. The van der Waals surface area contributed by atoms with E-state index in [-0.39, 0.29) is 0 Å². The van der Waals surface area contributed by atoms with Crippen molar-refractivity contribution in [2.45, 2.75) is 32.7 Å². The van der Waals surface area contributed by atoms with Crippen LogP contribution in [0.5, 0.6) is 0 Å². The Hall–Kier alpha value is -0.830. The normalized spacial score (nSPS) is 20.0. The van der Waals surface area contributed by atoms with Gasteiger partial charge in [-0.2, -0.15) is 0 Å². The highest BCUT2D eigenvalue weighted by atomic mass is 79.9. The van der Waals surface area contributed by atoms with Crippen molar-refractivity contribution >= 4 is 27.9 Å². The Bertz CT molecular complexity index is 417. The number of aldehydes is 1. The SMILES string of the molecule is CC(C)C1CCCN1c1ccc(C=O)c(Br)c1. The minimum Gasteiger partial charge on any atom is -0.368 e. The first-order valence-corrected chi connectivity index (χ1v) is 6.94. The Morgan fingerprint density at radius 1 is 1.47 bits per heavy atom. The second-order valence-corrected chi connectivity index (χ2v) is 5.82. The molecule has 0 bridgehead atoms. The van der Waals surface area contributed by atoms with E-state index in [9.17, 15) is 4.79 Å². The summed E-state index contributed by atoms with van der Waals surface area (Å²) in [4.78, 5) is 13.3. The molecule has 3 heteroatoms. The summed E-state index contributed by atoms with van der Waals surface area (Å²) in [5, 5.41) is 0. The molecule has 1 heterocycles. The maximum absolute atomic E-state index is 10.8. The van der Waals surface area contributed by atoms with Gasteiger partial charge in [0, 0.05) is 28.3 Å². The summed E-state index contributed by atoms with van der Waals surface area (Å²) in [5.41, 5.74) is 1.94. The quantitative estimate of drug-likeness (QED) is 0.789. The minimum atomic E-state index is 0.629. The molecule has 1 saturated heterocycles. The number of carbonyl (C=O) groups excluding carboxylic acids is 1. The topological polar surface area (TPSA) is 20.3 Å². The van der Waals surface area contributed by atoms with Gasteiger partial charge in [-0.05, 0) is 52.9 Å². The largest absolute Gasteiger partial charge is 0.368 e. The van der Waals surface area contributed by atoms with Gasteiger partial charge < -0.3 is 4.90 Å². The third-order valence-electron chi connectivity index (χ3n) is 3.51. The summed E-state index contributed by atoms with van der Waals surface area (Å²) in [6.45, 7) is 5.67. The molecule has 1 aromatic carbocycles. The van der Waals surface area contributed by atoms with Gasteiger partial charge in [0.2, 0.25) is 0 Å². The highest BCUT2D eigenvalue weighted by Crippen LogP contribution is 2.31. The zero-order chi connectivity index (χ0) is 12.4. The molecule has 0 N–H and O–H groups in total. The molecule has 0 aliphatic carbocycles. The highest BCUT2D eigenvalue weighted by molar-refractivity contribution is 9.10. The number of hydrogen-bond acceptors (Lipinski definition) is 2. The lowest BCUT2D eigenvalue weighted by molar-refractivity contribution is 0.112. The molecule has 0 amide bonds. The third kappa shape index (κ3) is 2.54. The summed E-state index contributed by atoms with van der Waals surface area (Å²) in [6.07, 6.45) is 3.42. The number of nitrogens with zero attached hydrogens (tertiary/aromatic N) is 1. The van der Waals surface area contributed by atoms with Crippen LogP contribution in [0, 0.1) is 5.92 Å². The number of rotatable bonds is 3. The molecule has 1 aliphatic rings.